The van der Waals surface area contributed by atoms with Crippen LogP contribution in [0.1, 0.15) is 0 Å². The second-order valence-corrected chi connectivity index (χ2v) is 2.07. The van der Waals surface area contributed by atoms with E-state index in [4.69, 9.17) is 0 Å². The van der Waals surface area contributed by atoms with E-state index in [1.165, 1.54) is 0 Å². The summed E-state index contributed by atoms with van der Waals surface area (Å²) in [5.41, 5.74) is 0. The zero-order valence-electron chi connectivity index (χ0n) is 3.51. The van der Waals surface area contributed by atoms with Crippen molar-refractivity contribution in [3.05, 3.63) is 16.2 Å². The van der Waals surface area contributed by atoms with Crippen molar-refractivity contribution in [2.75, 3.05) is 0 Å². The Kier molecular flexibility index (Phi) is 4.03. The van der Waals surface area contributed by atoms with E-state index in [0.29, 0.717) is 14.5 Å². The molecule has 1 heterocycles. The number of nitrogens with zero attached hydrogens (tertiary/aromatic N) is 1. The van der Waals surface area contributed by atoms with E-state index in [9.17, 15) is 0 Å². The van der Waals surface area contributed by atoms with Crippen LogP contribution < -0.4 is 18.9 Å². The van der Waals surface area contributed by atoms with E-state index < -0.39 is 0 Å². The summed E-state index contributed by atoms with van der Waals surface area (Å²) in [6, 6.07) is 0. The van der Waals surface area contributed by atoms with Gasteiger partial charge in [-0.25, -0.2) is 0 Å². The molecule has 0 atom stereocenters. The van der Waals surface area contributed by atoms with Crippen LogP contribution in [0.4, 0.5) is 0 Å². The molecule has 0 unspecified atom stereocenters. The molecule has 0 fully saturated rings. The number of hydrogen-bond acceptors (Lipinski definition) is 1. The fourth-order valence-electron chi connectivity index (χ4n) is 0.152. The van der Waals surface area contributed by atoms with Crippen molar-refractivity contribution in [2.45, 2.75) is 0 Å². The van der Waals surface area contributed by atoms with Gasteiger partial charge in [-0.2, -0.15) is 0 Å². The molecule has 0 aliphatic carbocycles. The van der Waals surface area contributed by atoms with Gasteiger partial charge in [0, 0.05) is 0 Å². The van der Waals surface area contributed by atoms with Gasteiger partial charge >= 0.3 is 54.6 Å². The average molecular weight is 138 g/mol. The van der Waals surface area contributed by atoms with Gasteiger partial charge in [-0.3, -0.25) is 0 Å². The third-order valence-electron chi connectivity index (χ3n) is 0.309. The standard InChI is InChI=1S/C3H2NSe.Li/c1-2-5-3-4-1;/h1-2H;/q-1;+1. The summed E-state index contributed by atoms with van der Waals surface area (Å²) in [7, 11) is 0. The SMILES string of the molecule is [Li+].[c-]1ncc[se]1. The molecule has 1 aromatic rings. The second kappa shape index (κ2) is 3.71. The number of rotatable bonds is 0. The quantitative estimate of drug-likeness (QED) is 0.274. The van der Waals surface area contributed by atoms with Gasteiger partial charge in [0.25, 0.3) is 0 Å². The van der Waals surface area contributed by atoms with Crippen molar-refractivity contribution in [1.82, 2.24) is 4.98 Å². The van der Waals surface area contributed by atoms with Crippen LogP contribution in [-0.4, -0.2) is 19.5 Å². The van der Waals surface area contributed by atoms with Gasteiger partial charge in [0.15, 0.2) is 0 Å². The molecule has 0 aliphatic heterocycles. The molecule has 1 aromatic heterocycles. The predicted molar refractivity (Wildman–Crippen MR) is 20.0 cm³/mol. The maximum atomic E-state index is 3.68. The zero-order valence-corrected chi connectivity index (χ0v) is 5.22. The molecule has 0 saturated carbocycles. The number of hydrogen-bond donors (Lipinski definition) is 0. The molecule has 0 amide bonds. The van der Waals surface area contributed by atoms with Gasteiger partial charge in [0.05, 0.1) is 0 Å². The summed E-state index contributed by atoms with van der Waals surface area (Å²) < 4.78 is 0. The molecule has 26 valence electrons. The fourth-order valence-corrected chi connectivity index (χ4v) is 0.791. The first-order chi connectivity index (χ1) is 2.50. The molecule has 1 rings (SSSR count). The van der Waals surface area contributed by atoms with Gasteiger partial charge in [0.1, 0.15) is 0 Å². The zero-order chi connectivity index (χ0) is 3.54. The van der Waals surface area contributed by atoms with Crippen LogP contribution in [0.3, 0.4) is 0 Å². The van der Waals surface area contributed by atoms with E-state index in [2.05, 4.69) is 10.1 Å². The third kappa shape index (κ3) is 1.84. The van der Waals surface area contributed by atoms with Gasteiger partial charge in [-0.1, -0.05) is 0 Å². The van der Waals surface area contributed by atoms with Crippen LogP contribution in [-0.2, 0) is 0 Å². The van der Waals surface area contributed by atoms with Crippen molar-refractivity contribution < 1.29 is 18.9 Å². The van der Waals surface area contributed by atoms with E-state index in [1.54, 1.807) is 6.20 Å². The molecule has 1 nitrogen and oxygen atoms in total. The Morgan fingerprint density at radius 1 is 1.67 bits per heavy atom. The summed E-state index contributed by atoms with van der Waals surface area (Å²) in [6.07, 6.45) is 1.78. The molecule has 6 heavy (non-hydrogen) atoms. The first kappa shape index (κ1) is 6.53. The van der Waals surface area contributed by atoms with E-state index >= 15 is 0 Å². The van der Waals surface area contributed by atoms with Crippen molar-refractivity contribution in [2.24, 2.45) is 0 Å². The molecular weight excluding hydrogens is 136 g/mol. The Morgan fingerprint density at radius 3 is 2.67 bits per heavy atom. The first-order valence-electron chi connectivity index (χ1n) is 1.25. The molecule has 0 aromatic carbocycles. The van der Waals surface area contributed by atoms with Gasteiger partial charge < -0.3 is 0 Å². The Bertz CT molecular complexity index is 67.3. The Hall–Kier alpha value is 0.527. The maximum absolute atomic E-state index is 3.68. The molecule has 0 radical (unpaired) electrons. The minimum atomic E-state index is 0. The molecule has 0 bridgehead atoms. The summed E-state index contributed by atoms with van der Waals surface area (Å²) >= 11 is 0.472. The second-order valence-electron chi connectivity index (χ2n) is 0.623. The monoisotopic (exact) mass is 139 g/mol. The molecule has 3 heteroatoms. The average Bonchev–Trinajstić information content (AvgIpc) is 1.76. The molecule has 0 N–H and O–H groups in total. The van der Waals surface area contributed by atoms with Crippen LogP contribution in [0.5, 0.6) is 0 Å². The van der Waals surface area contributed by atoms with Gasteiger partial charge in [-0.15, -0.1) is 0 Å². The Labute approximate surface area is 54.7 Å². The topological polar surface area (TPSA) is 12.9 Å². The van der Waals surface area contributed by atoms with Crippen LogP contribution >= 0.6 is 0 Å². The summed E-state index contributed by atoms with van der Waals surface area (Å²) in [5.74, 6) is 0. The minimum absolute atomic E-state index is 0. The van der Waals surface area contributed by atoms with E-state index in [-0.39, 0.29) is 18.9 Å². The predicted octanol–water partition coefficient (Wildman–Crippen LogP) is -3.06. The van der Waals surface area contributed by atoms with Crippen molar-refractivity contribution in [3.8, 4) is 0 Å². The van der Waals surface area contributed by atoms with Crippen molar-refractivity contribution >= 4 is 14.5 Å². The fraction of sp³-hybridized carbons (Fsp3) is 0. The first-order valence-corrected chi connectivity index (χ1v) is 3.10. The normalized spacial score (nSPS) is 6.67. The van der Waals surface area contributed by atoms with Crippen LogP contribution in [0.15, 0.2) is 11.1 Å². The Balaban J connectivity index is 0.000000250. The third-order valence-corrected chi connectivity index (χ3v) is 1.29. The summed E-state index contributed by atoms with van der Waals surface area (Å²) in [5, 5.41) is 2.80. The van der Waals surface area contributed by atoms with Crippen molar-refractivity contribution in [3.63, 3.8) is 0 Å². The van der Waals surface area contributed by atoms with Crippen LogP contribution in [0, 0.1) is 5.07 Å². The molecular formula is C3H2LiNSe. The van der Waals surface area contributed by atoms with E-state index in [0.717, 1.165) is 0 Å². The van der Waals surface area contributed by atoms with E-state index in [1.807, 2.05) is 4.94 Å². The molecule has 0 aliphatic rings. The summed E-state index contributed by atoms with van der Waals surface area (Å²) in [6.45, 7) is 0. The van der Waals surface area contributed by atoms with Gasteiger partial charge in [0.2, 0.25) is 0 Å². The summed E-state index contributed by atoms with van der Waals surface area (Å²) in [4.78, 5) is 5.70. The van der Waals surface area contributed by atoms with Crippen LogP contribution in [0.2, 0.25) is 0 Å². The van der Waals surface area contributed by atoms with Crippen molar-refractivity contribution in [1.29, 1.82) is 0 Å². The number of aromatic nitrogens is 1. The Morgan fingerprint density at radius 2 is 2.50 bits per heavy atom. The molecule has 0 spiro atoms. The molecule has 0 saturated heterocycles. The van der Waals surface area contributed by atoms with Gasteiger partial charge in [-0.05, 0) is 0 Å². The van der Waals surface area contributed by atoms with Crippen LogP contribution in [0.25, 0.3) is 0 Å².